The molecule has 2 heterocycles. The number of carbonyl (C=O) groups is 2. The molecule has 8 heteroatoms. The molecule has 1 aliphatic rings. The Bertz CT molecular complexity index is 1220. The van der Waals surface area contributed by atoms with Crippen molar-refractivity contribution >= 4 is 34.4 Å². The molecule has 1 fully saturated rings. The molecule has 1 aromatic carbocycles. The molecular weight excluding hydrogens is 414 g/mol. The summed E-state index contributed by atoms with van der Waals surface area (Å²) in [5, 5.41) is 0.910. The lowest BCUT2D eigenvalue weighted by Crippen LogP contribution is -2.25. The average molecular weight is 440 g/mol. The van der Waals surface area contributed by atoms with E-state index < -0.39 is 5.97 Å². The minimum Gasteiger partial charge on any atom is -0.469 e. The monoisotopic (exact) mass is 439 g/mol. The van der Waals surface area contributed by atoms with Gasteiger partial charge in [0.1, 0.15) is 0 Å². The fraction of sp³-hybridized carbons (Fsp3) is 0.391. The second-order valence-electron chi connectivity index (χ2n) is 7.79. The SMILES string of the molecule is COC(=O)CCn1c(SCC(=O)c2cc(C)n(C3CC3)c2C)nc2ccccc2c1=O. The van der Waals surface area contributed by atoms with Crippen molar-refractivity contribution in [3.05, 3.63) is 57.6 Å². The quantitative estimate of drug-likeness (QED) is 0.230. The summed E-state index contributed by atoms with van der Waals surface area (Å²) in [6.07, 6.45) is 2.37. The van der Waals surface area contributed by atoms with Crippen LogP contribution in [0.15, 0.2) is 40.3 Å². The number of esters is 1. The maximum atomic E-state index is 13.0. The number of thioether (sulfide) groups is 1. The highest BCUT2D eigenvalue weighted by molar-refractivity contribution is 7.99. The minimum absolute atomic E-state index is 0.00641. The molecule has 0 radical (unpaired) electrons. The van der Waals surface area contributed by atoms with E-state index in [9.17, 15) is 14.4 Å². The zero-order valence-corrected chi connectivity index (χ0v) is 18.7. The Morgan fingerprint density at radius 1 is 1.23 bits per heavy atom. The summed E-state index contributed by atoms with van der Waals surface area (Å²) in [6, 6.07) is 9.55. The van der Waals surface area contributed by atoms with E-state index in [1.54, 1.807) is 18.2 Å². The Kier molecular flexibility index (Phi) is 6.00. The normalized spacial score (nSPS) is 13.5. The Labute approximate surface area is 184 Å². The molecule has 0 aliphatic heterocycles. The molecule has 7 nitrogen and oxygen atoms in total. The van der Waals surface area contributed by atoms with E-state index >= 15 is 0 Å². The number of carbonyl (C=O) groups excluding carboxylic acids is 2. The molecule has 0 spiro atoms. The summed E-state index contributed by atoms with van der Waals surface area (Å²) < 4.78 is 8.42. The highest BCUT2D eigenvalue weighted by atomic mass is 32.2. The second-order valence-corrected chi connectivity index (χ2v) is 8.73. The third-order valence-electron chi connectivity index (χ3n) is 5.62. The summed E-state index contributed by atoms with van der Waals surface area (Å²) in [4.78, 5) is 42.3. The molecule has 0 atom stereocenters. The number of hydrogen-bond donors (Lipinski definition) is 0. The first-order valence-electron chi connectivity index (χ1n) is 10.3. The fourth-order valence-electron chi connectivity index (χ4n) is 3.92. The third-order valence-corrected chi connectivity index (χ3v) is 6.60. The highest BCUT2D eigenvalue weighted by Crippen LogP contribution is 2.38. The number of hydrogen-bond acceptors (Lipinski definition) is 6. The van der Waals surface area contributed by atoms with Gasteiger partial charge < -0.3 is 9.30 Å². The molecule has 0 N–H and O–H groups in total. The van der Waals surface area contributed by atoms with Crippen LogP contribution in [0.1, 0.15) is 47.1 Å². The van der Waals surface area contributed by atoms with Crippen LogP contribution in [-0.4, -0.2) is 38.7 Å². The molecule has 0 unspecified atom stereocenters. The standard InChI is InChI=1S/C23H25N3O4S/c1-14-12-18(15(2)26(14)16-8-9-16)20(27)13-31-23-24-19-7-5-4-6-17(19)22(29)25(23)11-10-21(28)30-3/h4-7,12,16H,8-11,13H2,1-3H3. The lowest BCUT2D eigenvalue weighted by molar-refractivity contribution is -0.140. The largest absolute Gasteiger partial charge is 0.469 e. The topological polar surface area (TPSA) is 83.2 Å². The average Bonchev–Trinajstić information content (AvgIpc) is 3.55. The molecule has 2 aromatic heterocycles. The van der Waals surface area contributed by atoms with Crippen molar-refractivity contribution in [2.45, 2.75) is 50.9 Å². The first-order valence-corrected chi connectivity index (χ1v) is 11.3. The van der Waals surface area contributed by atoms with Gasteiger partial charge in [0.2, 0.25) is 0 Å². The lowest BCUT2D eigenvalue weighted by atomic mass is 10.2. The van der Waals surface area contributed by atoms with Crippen molar-refractivity contribution in [1.82, 2.24) is 14.1 Å². The van der Waals surface area contributed by atoms with Gasteiger partial charge >= 0.3 is 5.97 Å². The zero-order valence-electron chi connectivity index (χ0n) is 17.9. The summed E-state index contributed by atoms with van der Waals surface area (Å²) in [6.45, 7) is 4.17. The molecule has 1 saturated carbocycles. The Balaban J connectivity index is 1.61. The molecule has 4 rings (SSSR count). The number of rotatable bonds is 8. The van der Waals surface area contributed by atoms with Crippen LogP contribution in [0, 0.1) is 13.8 Å². The molecule has 0 bridgehead atoms. The predicted molar refractivity (Wildman–Crippen MR) is 120 cm³/mol. The lowest BCUT2D eigenvalue weighted by Gasteiger charge is -2.12. The van der Waals surface area contributed by atoms with Gasteiger partial charge in [-0.15, -0.1) is 0 Å². The third kappa shape index (κ3) is 4.30. The molecule has 1 aliphatic carbocycles. The molecule has 3 aromatic rings. The van der Waals surface area contributed by atoms with E-state index in [1.807, 2.05) is 26.0 Å². The van der Waals surface area contributed by atoms with Gasteiger partial charge in [0, 0.05) is 29.5 Å². The van der Waals surface area contributed by atoms with Crippen molar-refractivity contribution in [2.75, 3.05) is 12.9 Å². The minimum atomic E-state index is -0.403. The maximum absolute atomic E-state index is 13.0. The van der Waals surface area contributed by atoms with Crippen LogP contribution in [0.5, 0.6) is 0 Å². The van der Waals surface area contributed by atoms with Crippen molar-refractivity contribution < 1.29 is 14.3 Å². The number of ether oxygens (including phenoxy) is 1. The summed E-state index contributed by atoms with van der Waals surface area (Å²) in [5.74, 6) is -0.232. The van der Waals surface area contributed by atoms with Crippen LogP contribution in [0.4, 0.5) is 0 Å². The fourth-order valence-corrected chi connectivity index (χ4v) is 4.83. The highest BCUT2D eigenvalue weighted by Gasteiger charge is 2.28. The number of para-hydroxylation sites is 1. The first kappa shape index (κ1) is 21.4. The van der Waals surface area contributed by atoms with E-state index in [1.165, 1.54) is 23.4 Å². The number of ketones is 1. The molecule has 0 amide bonds. The maximum Gasteiger partial charge on any atom is 0.307 e. The number of fused-ring (bicyclic) bond motifs is 1. The van der Waals surface area contributed by atoms with Gasteiger partial charge in [-0.2, -0.15) is 0 Å². The van der Waals surface area contributed by atoms with Crippen LogP contribution in [0.2, 0.25) is 0 Å². The Morgan fingerprint density at radius 2 is 1.97 bits per heavy atom. The van der Waals surface area contributed by atoms with Gasteiger partial charge in [0.25, 0.3) is 5.56 Å². The molecule has 162 valence electrons. The van der Waals surface area contributed by atoms with E-state index in [0.717, 1.165) is 29.8 Å². The zero-order chi connectivity index (χ0) is 22.1. The Morgan fingerprint density at radius 3 is 2.68 bits per heavy atom. The number of Topliss-reactive ketones (excluding diaryl/α,β-unsaturated/α-hetero) is 1. The van der Waals surface area contributed by atoms with Crippen molar-refractivity contribution in [1.29, 1.82) is 0 Å². The smallest absolute Gasteiger partial charge is 0.307 e. The Hall–Kier alpha value is -2.87. The van der Waals surface area contributed by atoms with Crippen LogP contribution in [0.25, 0.3) is 10.9 Å². The molecule has 0 saturated heterocycles. The van der Waals surface area contributed by atoms with E-state index in [2.05, 4.69) is 9.55 Å². The van der Waals surface area contributed by atoms with Crippen molar-refractivity contribution in [3.8, 4) is 0 Å². The first-order chi connectivity index (χ1) is 14.9. The number of methoxy groups -OCH3 is 1. The van der Waals surface area contributed by atoms with Gasteiger partial charge in [-0.25, -0.2) is 4.98 Å². The van der Waals surface area contributed by atoms with Gasteiger partial charge in [-0.05, 0) is 44.9 Å². The number of benzene rings is 1. The van der Waals surface area contributed by atoms with Gasteiger partial charge in [-0.3, -0.25) is 19.0 Å². The summed E-state index contributed by atoms with van der Waals surface area (Å²) in [5.41, 5.74) is 3.17. The van der Waals surface area contributed by atoms with Gasteiger partial charge in [0.05, 0.1) is 30.2 Å². The van der Waals surface area contributed by atoms with Crippen molar-refractivity contribution in [3.63, 3.8) is 0 Å². The molecular formula is C23H25N3O4S. The number of aryl methyl sites for hydroxylation is 1. The number of nitrogens with zero attached hydrogens (tertiary/aromatic N) is 3. The van der Waals surface area contributed by atoms with Crippen molar-refractivity contribution in [2.24, 2.45) is 0 Å². The second kappa shape index (κ2) is 8.70. The van der Waals surface area contributed by atoms with E-state index in [0.29, 0.717) is 22.1 Å². The van der Waals surface area contributed by atoms with E-state index in [4.69, 9.17) is 4.74 Å². The van der Waals surface area contributed by atoms with Gasteiger partial charge in [0.15, 0.2) is 10.9 Å². The summed E-state index contributed by atoms with van der Waals surface area (Å²) >= 11 is 1.23. The van der Waals surface area contributed by atoms with Crippen LogP contribution in [-0.2, 0) is 16.1 Å². The van der Waals surface area contributed by atoms with Gasteiger partial charge in [-0.1, -0.05) is 23.9 Å². The molecule has 31 heavy (non-hydrogen) atoms. The van der Waals surface area contributed by atoms with Crippen LogP contribution in [0.3, 0.4) is 0 Å². The van der Waals surface area contributed by atoms with Crippen LogP contribution < -0.4 is 5.56 Å². The predicted octanol–water partition coefficient (Wildman–Crippen LogP) is 3.69. The number of aromatic nitrogens is 3. The summed E-state index contributed by atoms with van der Waals surface area (Å²) in [7, 11) is 1.32. The van der Waals surface area contributed by atoms with Crippen LogP contribution >= 0.6 is 11.8 Å². The van der Waals surface area contributed by atoms with E-state index in [-0.39, 0.29) is 30.1 Å².